The van der Waals surface area contributed by atoms with Crippen LogP contribution < -0.4 is 76.9 Å². The van der Waals surface area contributed by atoms with Crippen LogP contribution in [0.2, 0.25) is 0 Å². The fraction of sp³-hybridized carbons (Fsp3) is 0.464. The number of rotatable bonds is 39. The van der Waals surface area contributed by atoms with Crippen LogP contribution in [0, 0.1) is 5.92 Å². The smallest absolute Gasteiger partial charge is 0.326 e. The summed E-state index contributed by atoms with van der Waals surface area (Å²) < 4.78 is 0. The van der Waals surface area contributed by atoms with Gasteiger partial charge < -0.3 is 92.0 Å². The molecule has 2 heterocycles. The second-order valence-electron chi connectivity index (χ2n) is 21.2. The maximum absolute atomic E-state index is 14.7. The molecule has 0 bridgehead atoms. The number of benzene rings is 2. The Hall–Kier alpha value is -9.59. The van der Waals surface area contributed by atoms with Crippen LogP contribution in [-0.4, -0.2) is 170 Å². The molecule has 4 aromatic rings. The number of nitrogens with two attached hydrogens (primary N) is 6. The van der Waals surface area contributed by atoms with Crippen molar-refractivity contribution in [2.24, 2.45) is 45.3 Å². The standard InChI is InChI=1S/C56H80N18O13S/c1-29(2)20-38(49(80)74-43(25-46(60)77)53(84)71-40(51(82)68-37(55(86)87)17-19-88-3)22-31-26-65-35-13-8-7-12-33(31)35)69-50(81)39(21-30-10-5-4-6-11-30)70-52(83)41(23-32-27-63-28-66-32)72-54(85)42(24-45(59)76)73-48(79)36(14-9-18-64-56(61)62)67-47(78)34(57)15-16-44(58)75/h4-8,10-13,26-29,34,36-43,65H,9,14-25,57H2,1-3H3,(H2,58,75)(H2,59,76)(H2,60,77)(H,63,66)(H,67,78)(H,68,82)(H,69,81)(H,70,83)(H,71,84)(H,72,85)(H,73,79)(H,74,80)(H,86,87)(H4,61,62,64)/t34-,36-,37-,38-,39-,40-,41-,42-,43-/m0/s1. The van der Waals surface area contributed by atoms with E-state index >= 15 is 0 Å². The van der Waals surface area contributed by atoms with Crippen molar-refractivity contribution in [2.75, 3.05) is 18.6 Å². The summed E-state index contributed by atoms with van der Waals surface area (Å²) in [5, 5.41) is 30.9. The van der Waals surface area contributed by atoms with Gasteiger partial charge in [-0.05, 0) is 67.2 Å². The number of guanidine groups is 1. The minimum atomic E-state index is -1.79. The third-order valence-corrected chi connectivity index (χ3v) is 14.2. The lowest BCUT2D eigenvalue weighted by molar-refractivity contribution is -0.142. The zero-order valence-corrected chi connectivity index (χ0v) is 49.8. The topological polar surface area (TPSA) is 534 Å². The second kappa shape index (κ2) is 35.8. The number of primary amides is 3. The molecule has 88 heavy (non-hydrogen) atoms. The quantitative estimate of drug-likeness (QED) is 0.0115. The SMILES string of the molecule is CSCC[C@H](NC(=O)[C@H](Cc1c[nH]c2ccccc12)NC(=O)[C@H](CC(N)=O)NC(=O)[C@H](CC(C)C)NC(=O)[C@H](Cc1ccccc1)NC(=O)[C@H](Cc1cnc[nH]1)NC(=O)[C@H](CC(N)=O)NC(=O)[C@H](CCCN=C(N)N)NC(=O)[C@@H](N)CCC(N)=O)C(=O)O. The molecule has 23 N–H and O–H groups in total. The first-order valence-electron chi connectivity index (χ1n) is 28.1. The monoisotopic (exact) mass is 1240 g/mol. The van der Waals surface area contributed by atoms with Crippen LogP contribution in [0.15, 0.2) is 78.3 Å². The van der Waals surface area contributed by atoms with Gasteiger partial charge in [-0.25, -0.2) is 9.78 Å². The number of imidazole rings is 1. The van der Waals surface area contributed by atoms with Crippen LogP contribution in [0.3, 0.4) is 0 Å². The van der Waals surface area contributed by atoms with E-state index in [2.05, 4.69) is 62.5 Å². The number of nitrogens with one attached hydrogen (secondary N) is 10. The van der Waals surface area contributed by atoms with E-state index in [4.69, 9.17) is 34.4 Å². The Kier molecular flexibility index (Phi) is 28.8. The molecule has 2 aromatic carbocycles. The van der Waals surface area contributed by atoms with Crippen molar-refractivity contribution in [1.82, 2.24) is 57.5 Å². The van der Waals surface area contributed by atoms with Gasteiger partial charge in [0.05, 0.1) is 25.2 Å². The zero-order valence-electron chi connectivity index (χ0n) is 49.0. The summed E-state index contributed by atoms with van der Waals surface area (Å²) in [7, 11) is 0. The van der Waals surface area contributed by atoms with Gasteiger partial charge in [0.2, 0.25) is 65.0 Å². The average Bonchev–Trinajstić information content (AvgIpc) is 2.13. The van der Waals surface area contributed by atoms with Gasteiger partial charge in [-0.15, -0.1) is 0 Å². The molecule has 9 atom stereocenters. The number of H-pyrrole nitrogens is 2. The molecular formula is C56H80N18O13S. The summed E-state index contributed by atoms with van der Waals surface area (Å²) >= 11 is 1.36. The predicted molar refractivity (Wildman–Crippen MR) is 324 cm³/mol. The molecule has 0 aliphatic heterocycles. The minimum Gasteiger partial charge on any atom is -0.480 e. The molecule has 0 saturated heterocycles. The molecule has 31 nitrogen and oxygen atoms in total. The van der Waals surface area contributed by atoms with E-state index < -0.39 is 138 Å². The normalized spacial score (nSPS) is 14.1. The second-order valence-corrected chi connectivity index (χ2v) is 22.2. The van der Waals surface area contributed by atoms with E-state index in [1.165, 1.54) is 24.3 Å². The number of carboxylic acids is 1. The number of carbonyl (C=O) groups is 12. The Morgan fingerprint density at radius 3 is 1.60 bits per heavy atom. The van der Waals surface area contributed by atoms with Crippen molar-refractivity contribution in [2.45, 2.75) is 139 Å². The van der Waals surface area contributed by atoms with Crippen molar-refractivity contribution >= 4 is 99.6 Å². The Labute approximate surface area is 510 Å². The number of para-hydroxylation sites is 1. The molecule has 32 heteroatoms. The number of thioether (sulfide) groups is 1. The van der Waals surface area contributed by atoms with Gasteiger partial charge in [-0.2, -0.15) is 11.8 Å². The molecule has 478 valence electrons. The van der Waals surface area contributed by atoms with Crippen LogP contribution >= 0.6 is 11.8 Å². The summed E-state index contributed by atoms with van der Waals surface area (Å²) in [6.45, 7) is 3.46. The lowest BCUT2D eigenvalue weighted by Gasteiger charge is -2.28. The number of nitrogens with zero attached hydrogens (tertiary/aromatic N) is 2. The molecule has 0 radical (unpaired) electrons. The van der Waals surface area contributed by atoms with Crippen LogP contribution in [0.25, 0.3) is 10.9 Å². The summed E-state index contributed by atoms with van der Waals surface area (Å²) in [6, 6.07) is 1.78. The van der Waals surface area contributed by atoms with Crippen molar-refractivity contribution < 1.29 is 62.6 Å². The van der Waals surface area contributed by atoms with Gasteiger partial charge in [0.1, 0.15) is 48.3 Å². The number of carboxylic acid groups (broad SMARTS) is 1. The third kappa shape index (κ3) is 24.4. The van der Waals surface area contributed by atoms with E-state index in [0.29, 0.717) is 33.5 Å². The van der Waals surface area contributed by atoms with E-state index in [1.807, 2.05) is 0 Å². The van der Waals surface area contributed by atoms with Crippen LogP contribution in [0.1, 0.15) is 82.0 Å². The van der Waals surface area contributed by atoms with E-state index in [0.717, 1.165) is 0 Å². The lowest BCUT2D eigenvalue weighted by atomic mass is 9.99. The van der Waals surface area contributed by atoms with Crippen LogP contribution in [0.5, 0.6) is 0 Å². The maximum Gasteiger partial charge on any atom is 0.326 e. The molecule has 0 fully saturated rings. The first-order valence-corrected chi connectivity index (χ1v) is 29.5. The molecule has 11 amide bonds. The number of fused-ring (bicyclic) bond motifs is 1. The highest BCUT2D eigenvalue weighted by atomic mass is 32.2. The number of hydrogen-bond acceptors (Lipinski definition) is 16. The van der Waals surface area contributed by atoms with Crippen LogP contribution in [0.4, 0.5) is 0 Å². The molecule has 0 aliphatic carbocycles. The van der Waals surface area contributed by atoms with Gasteiger partial charge in [-0.1, -0.05) is 62.4 Å². The molecule has 2 aromatic heterocycles. The Bertz CT molecular complexity index is 3080. The number of aromatic amines is 2. The zero-order chi connectivity index (χ0) is 65.0. The number of carbonyl (C=O) groups excluding carboxylic acids is 11. The number of aromatic nitrogens is 3. The Balaban J connectivity index is 1.64. The van der Waals surface area contributed by atoms with Crippen molar-refractivity contribution in [1.29, 1.82) is 0 Å². The first-order chi connectivity index (χ1) is 41.7. The Morgan fingerprint density at radius 1 is 0.568 bits per heavy atom. The minimum absolute atomic E-state index is 0.00621. The molecule has 0 saturated carbocycles. The Morgan fingerprint density at radius 2 is 1.07 bits per heavy atom. The summed E-state index contributed by atoms with van der Waals surface area (Å²) in [4.78, 5) is 176. The van der Waals surface area contributed by atoms with E-state index in [1.54, 1.807) is 80.9 Å². The number of amides is 11. The highest BCUT2D eigenvalue weighted by Gasteiger charge is 2.37. The first kappa shape index (κ1) is 70.9. The van der Waals surface area contributed by atoms with E-state index in [9.17, 15) is 62.6 Å². The predicted octanol–water partition coefficient (Wildman–Crippen LogP) is -3.92. The number of hydrogen-bond donors (Lipinski definition) is 17. The van der Waals surface area contributed by atoms with Crippen molar-refractivity contribution in [3.63, 3.8) is 0 Å². The van der Waals surface area contributed by atoms with Crippen molar-refractivity contribution in [3.05, 3.63) is 90.1 Å². The van der Waals surface area contributed by atoms with E-state index in [-0.39, 0.29) is 76.2 Å². The van der Waals surface area contributed by atoms with Gasteiger partial charge in [0.25, 0.3) is 0 Å². The fourth-order valence-corrected chi connectivity index (χ4v) is 9.49. The van der Waals surface area contributed by atoms with Crippen molar-refractivity contribution in [3.8, 4) is 0 Å². The molecule has 4 rings (SSSR count). The van der Waals surface area contributed by atoms with Gasteiger partial charge in [0, 0.05) is 61.2 Å². The average molecular weight is 1250 g/mol. The summed E-state index contributed by atoms with van der Waals surface area (Å²) in [6.07, 6.45) is 3.20. The molecular weight excluding hydrogens is 1160 g/mol. The third-order valence-electron chi connectivity index (χ3n) is 13.5. The molecule has 0 unspecified atom stereocenters. The maximum atomic E-state index is 14.7. The van der Waals surface area contributed by atoms with Gasteiger partial charge in [0.15, 0.2) is 5.96 Å². The van der Waals surface area contributed by atoms with Crippen LogP contribution in [-0.2, 0) is 76.8 Å². The largest absolute Gasteiger partial charge is 0.480 e. The summed E-state index contributed by atoms with van der Waals surface area (Å²) in [5.74, 6) is -12.2. The lowest BCUT2D eigenvalue weighted by Crippen LogP contribution is -2.61. The number of aliphatic carboxylic acids is 1. The van der Waals surface area contributed by atoms with Gasteiger partial charge in [-0.3, -0.25) is 57.7 Å². The highest BCUT2D eigenvalue weighted by molar-refractivity contribution is 7.98. The fourth-order valence-electron chi connectivity index (χ4n) is 9.02. The highest BCUT2D eigenvalue weighted by Crippen LogP contribution is 2.20. The molecule has 0 spiro atoms. The summed E-state index contributed by atoms with van der Waals surface area (Å²) in [5.41, 5.74) is 35.3. The molecule has 0 aliphatic rings. The van der Waals surface area contributed by atoms with Gasteiger partial charge >= 0.3 is 5.97 Å². The number of aliphatic imine (C=N–C) groups is 1.